The second-order valence-electron chi connectivity index (χ2n) is 4.44. The van der Waals surface area contributed by atoms with Gasteiger partial charge in [-0.3, -0.25) is 0 Å². The van der Waals surface area contributed by atoms with Crippen molar-refractivity contribution in [3.63, 3.8) is 0 Å². The molecule has 0 amide bonds. The zero-order valence-electron chi connectivity index (χ0n) is 12.5. The minimum Gasteiger partial charge on any atom is -0.300 e. The summed E-state index contributed by atoms with van der Waals surface area (Å²) < 4.78 is 160. The molecule has 0 aromatic carbocycles. The van der Waals surface area contributed by atoms with Crippen LogP contribution < -0.4 is 0 Å². The lowest BCUT2D eigenvalue weighted by atomic mass is 10.5. The summed E-state index contributed by atoms with van der Waals surface area (Å²) >= 11 is 0. The van der Waals surface area contributed by atoms with Crippen LogP contribution in [0.4, 0.5) is 46.2 Å². The van der Waals surface area contributed by atoms with Crippen molar-refractivity contribution in [2.75, 3.05) is 0 Å². The molecule has 24 heteroatoms. The Morgan fingerprint density at radius 3 is 1.04 bits per heavy atom. The molecular weight excluding hydrogens is 531 g/mol. The quantitative estimate of drug-likeness (QED) is 0.254. The summed E-state index contributed by atoms with van der Waals surface area (Å²) in [7, 11) is -41.1. The van der Waals surface area contributed by atoms with E-state index in [1.165, 1.54) is 18.1 Å². The zero-order chi connectivity index (χ0) is 21.5. The fraction of sp³-hybridized carbons (Fsp3) is 1.00. The lowest BCUT2D eigenvalue weighted by molar-refractivity contribution is 0.250. The molecule has 0 saturated carbocycles. The molecule has 1 aliphatic heterocycles. The molecule has 0 bridgehead atoms. The summed E-state index contributed by atoms with van der Waals surface area (Å²) in [6.07, 6.45) is -1.47. The van der Waals surface area contributed by atoms with Crippen LogP contribution in [-0.4, -0.2) is 6.10 Å². The minimum atomic E-state index is -7.07. The summed E-state index contributed by atoms with van der Waals surface area (Å²) in [5, 5.41) is 0. The highest BCUT2D eigenvalue weighted by Crippen LogP contribution is 2.83. The SMILES string of the molecule is CC(C)OP1(F)=NP(F)(F)=NP(F)(F)=NP(F)(F)=NP(F)(F)=NP(F)(F)=N1. The van der Waals surface area contributed by atoms with Crippen LogP contribution >= 0.6 is 46.9 Å². The third-order valence-corrected chi connectivity index (χ3v) is 12.7. The molecule has 1 heterocycles. The molecule has 27 heavy (non-hydrogen) atoms. The Balaban J connectivity index is 4.12. The normalized spacial score (nSPS) is 31.3. The van der Waals surface area contributed by atoms with E-state index in [0.29, 0.717) is 0 Å². The van der Waals surface area contributed by atoms with Crippen molar-refractivity contribution >= 4 is 46.9 Å². The van der Waals surface area contributed by atoms with Gasteiger partial charge in [0.25, 0.3) is 0 Å². The number of nitrogens with zero attached hydrogens (tertiary/aromatic N) is 6. The minimum absolute atomic E-state index is 0.920. The Labute approximate surface area is 145 Å². The number of halogens is 11. The fourth-order valence-electron chi connectivity index (χ4n) is 1.20. The van der Waals surface area contributed by atoms with Crippen LogP contribution in [0.1, 0.15) is 13.8 Å². The van der Waals surface area contributed by atoms with E-state index in [1.807, 2.05) is 0 Å². The highest BCUT2D eigenvalue weighted by atomic mass is 31.3. The van der Waals surface area contributed by atoms with Crippen LogP contribution in [0.3, 0.4) is 0 Å². The van der Waals surface area contributed by atoms with Crippen molar-refractivity contribution in [1.29, 1.82) is 0 Å². The van der Waals surface area contributed by atoms with E-state index in [9.17, 15) is 46.2 Å². The molecule has 0 aromatic rings. The topological polar surface area (TPSA) is 83.4 Å². The summed E-state index contributed by atoms with van der Waals surface area (Å²) in [5.41, 5.74) is 0. The van der Waals surface area contributed by atoms with Gasteiger partial charge in [-0.2, -0.15) is 4.20 Å². The number of rotatable bonds is 2. The van der Waals surface area contributed by atoms with Gasteiger partial charge in [0.05, 0.1) is 6.10 Å². The van der Waals surface area contributed by atoms with E-state index in [4.69, 9.17) is 0 Å². The van der Waals surface area contributed by atoms with Crippen LogP contribution in [0.15, 0.2) is 27.1 Å². The van der Waals surface area contributed by atoms with Gasteiger partial charge in [-0.15, -0.1) is 69.1 Å². The van der Waals surface area contributed by atoms with Gasteiger partial charge in [0.15, 0.2) is 0 Å². The van der Waals surface area contributed by atoms with Crippen molar-refractivity contribution in [1.82, 2.24) is 0 Å². The molecule has 1 rings (SSSR count). The predicted molar refractivity (Wildman–Crippen MR) is 84.5 cm³/mol. The Morgan fingerprint density at radius 1 is 0.481 bits per heavy atom. The summed E-state index contributed by atoms with van der Waals surface area (Å²) in [6.45, 7) is 1.84. The van der Waals surface area contributed by atoms with Crippen molar-refractivity contribution in [3.05, 3.63) is 0 Å². The molecule has 0 aromatic heterocycles. The maximum Gasteiger partial charge on any atom is 0.425 e. The maximum absolute atomic E-state index is 14.3. The first-order valence-electron chi connectivity index (χ1n) is 5.83. The third-order valence-electron chi connectivity index (χ3n) is 1.64. The van der Waals surface area contributed by atoms with Crippen LogP contribution in [0.25, 0.3) is 0 Å². The van der Waals surface area contributed by atoms with Crippen LogP contribution in [0, 0.1) is 0 Å². The van der Waals surface area contributed by atoms with Gasteiger partial charge in [0, 0.05) is 0 Å². The molecule has 0 radical (unpaired) electrons. The Morgan fingerprint density at radius 2 is 0.741 bits per heavy atom. The van der Waals surface area contributed by atoms with E-state index in [0.717, 1.165) is 13.8 Å². The lowest BCUT2D eigenvalue weighted by Crippen LogP contribution is -1.96. The summed E-state index contributed by atoms with van der Waals surface area (Å²) in [4.78, 5) is 0. The van der Waals surface area contributed by atoms with E-state index in [-0.39, 0.29) is 0 Å². The number of hydrogen-bond acceptors (Lipinski definition) is 7. The van der Waals surface area contributed by atoms with Crippen molar-refractivity contribution in [2.45, 2.75) is 20.0 Å². The summed E-state index contributed by atoms with van der Waals surface area (Å²) in [6, 6.07) is 0. The standard InChI is InChI=1S/C3H7F11N6OP6/c1-3(2)21-27(14)19-25(10,11)17-23(6,7)15-22(4,5)16-24(8,9)18-26(12,13)20-27/h3H,1-2H3. The Hall–Kier alpha value is 0.570. The molecule has 1 unspecified atom stereocenters. The maximum atomic E-state index is 14.3. The molecule has 7 nitrogen and oxygen atoms in total. The molecule has 0 spiro atoms. The van der Waals surface area contributed by atoms with Gasteiger partial charge >= 0.3 is 46.9 Å². The molecular formula is C3H7F11N6OP6. The average Bonchev–Trinajstić information content (AvgIpc) is 2.12. The molecule has 0 fully saturated rings. The largest absolute Gasteiger partial charge is 0.425 e. The second kappa shape index (κ2) is 8.01. The van der Waals surface area contributed by atoms with Gasteiger partial charge in [-0.05, 0) is 13.8 Å². The van der Waals surface area contributed by atoms with E-state index in [1.54, 1.807) is 9.03 Å². The molecule has 0 N–H and O–H groups in total. The predicted octanol–water partition coefficient (Wildman–Crippen LogP) is 11.8. The monoisotopic (exact) mass is 538 g/mol. The zero-order valence-corrected chi connectivity index (χ0v) is 17.9. The highest BCUT2D eigenvalue weighted by molar-refractivity contribution is 7.78. The van der Waals surface area contributed by atoms with Gasteiger partial charge in [-0.25, -0.2) is 0 Å². The first kappa shape index (κ1) is 25.6. The number of hydrogen-bond donors (Lipinski definition) is 0. The fourth-order valence-corrected chi connectivity index (χ4v) is 11.1. The van der Waals surface area contributed by atoms with Crippen molar-refractivity contribution in [2.24, 2.45) is 27.1 Å². The van der Waals surface area contributed by atoms with Gasteiger partial charge < -0.3 is 4.52 Å². The van der Waals surface area contributed by atoms with Crippen molar-refractivity contribution in [3.8, 4) is 0 Å². The molecule has 1 atom stereocenters. The first-order valence-corrected chi connectivity index (χ1v) is 14.7. The Kier molecular flexibility index (Phi) is 7.60. The summed E-state index contributed by atoms with van der Waals surface area (Å²) in [5.74, 6) is 0. The van der Waals surface area contributed by atoms with Crippen LogP contribution in [0.2, 0.25) is 0 Å². The smallest absolute Gasteiger partial charge is 0.300 e. The van der Waals surface area contributed by atoms with Gasteiger partial charge in [0.1, 0.15) is 0 Å². The van der Waals surface area contributed by atoms with E-state index in [2.05, 4.69) is 4.52 Å². The molecule has 1 aliphatic rings. The van der Waals surface area contributed by atoms with Crippen molar-refractivity contribution < 1.29 is 50.7 Å². The molecule has 0 aliphatic carbocycles. The molecule has 0 saturated heterocycles. The van der Waals surface area contributed by atoms with E-state index < -0.39 is 53.0 Å². The highest BCUT2D eigenvalue weighted by Gasteiger charge is 2.40. The van der Waals surface area contributed by atoms with E-state index >= 15 is 0 Å². The third kappa shape index (κ3) is 9.28. The van der Waals surface area contributed by atoms with Crippen LogP contribution in [0.5, 0.6) is 0 Å². The average molecular weight is 538 g/mol. The Bertz CT molecular complexity index is 920. The second-order valence-corrected chi connectivity index (χ2v) is 14.4. The first-order chi connectivity index (χ1) is 11.7. The van der Waals surface area contributed by atoms with Crippen LogP contribution in [-0.2, 0) is 4.52 Å². The van der Waals surface area contributed by atoms with Gasteiger partial charge in [0.2, 0.25) is 0 Å². The molecule has 162 valence electrons. The lowest BCUT2D eigenvalue weighted by Gasteiger charge is -2.16. The van der Waals surface area contributed by atoms with Gasteiger partial charge in [-0.1, -0.05) is 0 Å².